The van der Waals surface area contributed by atoms with Gasteiger partial charge in [0.2, 0.25) is 11.0 Å². The quantitative estimate of drug-likeness (QED) is 0.628. The molecule has 1 aromatic heterocycles. The van der Waals surface area contributed by atoms with E-state index in [0.717, 1.165) is 54.0 Å². The van der Waals surface area contributed by atoms with Crippen LogP contribution in [0.5, 0.6) is 5.75 Å². The number of hydrogen-bond acceptors (Lipinski definition) is 6. The van der Waals surface area contributed by atoms with Crippen molar-refractivity contribution < 1.29 is 9.53 Å². The third-order valence-electron chi connectivity index (χ3n) is 5.05. The molecule has 3 aromatic rings. The molecule has 7 heteroatoms. The molecule has 0 atom stereocenters. The average Bonchev–Trinajstić information content (AvgIpc) is 3.23. The molecule has 150 valence electrons. The number of benzene rings is 2. The van der Waals surface area contributed by atoms with Gasteiger partial charge >= 0.3 is 0 Å². The molecule has 0 aliphatic carbocycles. The highest BCUT2D eigenvalue weighted by atomic mass is 32.1. The van der Waals surface area contributed by atoms with Crippen molar-refractivity contribution in [1.29, 1.82) is 0 Å². The minimum Gasteiger partial charge on any atom is -0.497 e. The predicted molar refractivity (Wildman–Crippen MR) is 115 cm³/mol. The van der Waals surface area contributed by atoms with Crippen molar-refractivity contribution >= 4 is 22.6 Å². The van der Waals surface area contributed by atoms with Gasteiger partial charge in [-0.2, -0.15) is 4.37 Å². The third-order valence-corrected chi connectivity index (χ3v) is 5.87. The van der Waals surface area contributed by atoms with Crippen LogP contribution in [-0.2, 0) is 17.6 Å². The van der Waals surface area contributed by atoms with Crippen LogP contribution in [0.2, 0.25) is 0 Å². The molecule has 4 rings (SSSR count). The Morgan fingerprint density at radius 3 is 2.55 bits per heavy atom. The first-order valence-electron chi connectivity index (χ1n) is 9.73. The molecule has 0 saturated carbocycles. The molecule has 29 heavy (non-hydrogen) atoms. The van der Waals surface area contributed by atoms with Crippen LogP contribution >= 0.6 is 11.5 Å². The predicted octanol–water partition coefficient (Wildman–Crippen LogP) is 3.03. The van der Waals surface area contributed by atoms with E-state index >= 15 is 0 Å². The summed E-state index contributed by atoms with van der Waals surface area (Å²) in [6, 6.07) is 17.9. The van der Waals surface area contributed by atoms with E-state index in [2.05, 4.69) is 15.3 Å². The number of nitrogens with zero attached hydrogens (tertiary/aromatic N) is 4. The Hall–Kier alpha value is -2.93. The van der Waals surface area contributed by atoms with Gasteiger partial charge in [0.25, 0.3) is 0 Å². The summed E-state index contributed by atoms with van der Waals surface area (Å²) < 4.78 is 9.80. The van der Waals surface area contributed by atoms with Crippen LogP contribution in [0.4, 0.5) is 5.13 Å². The van der Waals surface area contributed by atoms with Gasteiger partial charge in [-0.15, -0.1) is 0 Å². The first-order chi connectivity index (χ1) is 14.2. The number of aromatic nitrogens is 2. The molecule has 0 radical (unpaired) electrons. The largest absolute Gasteiger partial charge is 0.497 e. The summed E-state index contributed by atoms with van der Waals surface area (Å²) in [6.45, 7) is 3.01. The Bertz CT molecular complexity index is 952. The fraction of sp³-hybridized carbons (Fsp3) is 0.318. The first-order valence-corrected chi connectivity index (χ1v) is 10.5. The van der Waals surface area contributed by atoms with Crippen molar-refractivity contribution in [2.45, 2.75) is 12.8 Å². The number of rotatable bonds is 6. The lowest BCUT2D eigenvalue weighted by Crippen LogP contribution is -2.49. The first kappa shape index (κ1) is 19.4. The summed E-state index contributed by atoms with van der Waals surface area (Å²) in [5, 5.41) is 0.929. The molecule has 0 spiro atoms. The summed E-state index contributed by atoms with van der Waals surface area (Å²) in [5.74, 6) is 1.85. The Balaban J connectivity index is 1.31. The maximum absolute atomic E-state index is 12.5. The minimum absolute atomic E-state index is 0.187. The highest BCUT2D eigenvalue weighted by Gasteiger charge is 2.23. The Labute approximate surface area is 174 Å². The van der Waals surface area contributed by atoms with E-state index in [0.29, 0.717) is 12.8 Å². The molecule has 2 aromatic carbocycles. The molecule has 1 aliphatic heterocycles. The lowest BCUT2D eigenvalue weighted by atomic mass is 10.1. The lowest BCUT2D eigenvalue weighted by Gasteiger charge is -2.34. The second-order valence-electron chi connectivity index (χ2n) is 7.05. The smallest absolute Gasteiger partial charge is 0.227 e. The maximum Gasteiger partial charge on any atom is 0.227 e. The Kier molecular flexibility index (Phi) is 6.05. The van der Waals surface area contributed by atoms with E-state index in [1.807, 2.05) is 53.4 Å². The number of ether oxygens (including phenoxy) is 1. The average molecular weight is 409 g/mol. The van der Waals surface area contributed by atoms with Crippen LogP contribution in [0.15, 0.2) is 54.6 Å². The van der Waals surface area contributed by atoms with Gasteiger partial charge in [-0.3, -0.25) is 4.79 Å². The van der Waals surface area contributed by atoms with Crippen LogP contribution in [0, 0.1) is 0 Å². The van der Waals surface area contributed by atoms with Crippen LogP contribution in [0.1, 0.15) is 17.0 Å². The summed E-state index contributed by atoms with van der Waals surface area (Å²) >= 11 is 1.43. The minimum atomic E-state index is 0.187. The summed E-state index contributed by atoms with van der Waals surface area (Å²) in [6.07, 6.45) is 1.15. The number of methoxy groups -OCH3 is 1. The molecule has 6 nitrogen and oxygen atoms in total. The number of carbonyl (C=O) groups excluding carboxylic acids is 1. The molecule has 0 unspecified atom stereocenters. The number of amides is 1. The fourth-order valence-corrected chi connectivity index (χ4v) is 4.18. The van der Waals surface area contributed by atoms with Crippen molar-refractivity contribution in [2.75, 3.05) is 38.2 Å². The monoisotopic (exact) mass is 408 g/mol. The highest BCUT2D eigenvalue weighted by molar-refractivity contribution is 7.09. The van der Waals surface area contributed by atoms with E-state index in [-0.39, 0.29) is 5.91 Å². The van der Waals surface area contributed by atoms with Gasteiger partial charge in [-0.25, -0.2) is 4.98 Å². The fourth-order valence-electron chi connectivity index (χ4n) is 3.44. The molecule has 2 heterocycles. The zero-order valence-corrected chi connectivity index (χ0v) is 17.3. The van der Waals surface area contributed by atoms with Gasteiger partial charge in [-0.1, -0.05) is 42.5 Å². The van der Waals surface area contributed by atoms with Crippen LogP contribution < -0.4 is 9.64 Å². The number of carbonyl (C=O) groups is 1. The third kappa shape index (κ3) is 4.92. The van der Waals surface area contributed by atoms with Crippen molar-refractivity contribution in [2.24, 2.45) is 0 Å². The van der Waals surface area contributed by atoms with Crippen molar-refractivity contribution in [3.63, 3.8) is 0 Å². The molecular weight excluding hydrogens is 384 g/mol. The SMILES string of the molecule is COc1cccc(Cc2nsc(N3CCN(C(=O)Cc4ccccc4)CC3)n2)c1. The number of hydrogen-bond donors (Lipinski definition) is 0. The highest BCUT2D eigenvalue weighted by Crippen LogP contribution is 2.22. The van der Waals surface area contributed by atoms with Crippen LogP contribution in [-0.4, -0.2) is 53.5 Å². The second-order valence-corrected chi connectivity index (χ2v) is 7.78. The Morgan fingerprint density at radius 2 is 1.79 bits per heavy atom. The molecular formula is C22H24N4O2S. The van der Waals surface area contributed by atoms with Gasteiger partial charge in [0.1, 0.15) is 11.6 Å². The summed E-state index contributed by atoms with van der Waals surface area (Å²) in [4.78, 5) is 21.4. The number of piperazine rings is 1. The van der Waals surface area contributed by atoms with E-state index in [4.69, 9.17) is 9.72 Å². The van der Waals surface area contributed by atoms with Crippen LogP contribution in [0.25, 0.3) is 0 Å². The van der Waals surface area contributed by atoms with Crippen molar-refractivity contribution in [1.82, 2.24) is 14.3 Å². The molecule has 0 N–H and O–H groups in total. The topological polar surface area (TPSA) is 58.6 Å². The summed E-state index contributed by atoms with van der Waals surface area (Å²) in [5.41, 5.74) is 2.19. The van der Waals surface area contributed by atoms with E-state index < -0.39 is 0 Å². The standard InChI is InChI=1S/C22H24N4O2S/c1-28-19-9-5-8-18(14-19)15-20-23-22(29-24-20)26-12-10-25(11-13-26)21(27)16-17-6-3-2-4-7-17/h2-9,14H,10-13,15-16H2,1H3. The van der Waals surface area contributed by atoms with E-state index in [1.165, 1.54) is 11.5 Å². The van der Waals surface area contributed by atoms with Gasteiger partial charge in [0, 0.05) is 44.1 Å². The normalized spacial score (nSPS) is 14.1. The van der Waals surface area contributed by atoms with E-state index in [9.17, 15) is 4.79 Å². The molecule has 1 fully saturated rings. The molecule has 0 bridgehead atoms. The van der Waals surface area contributed by atoms with Crippen LogP contribution in [0.3, 0.4) is 0 Å². The van der Waals surface area contributed by atoms with E-state index in [1.54, 1.807) is 7.11 Å². The Morgan fingerprint density at radius 1 is 1.03 bits per heavy atom. The van der Waals surface area contributed by atoms with Gasteiger partial charge in [0.05, 0.1) is 13.5 Å². The molecule has 1 saturated heterocycles. The van der Waals surface area contributed by atoms with Crippen molar-refractivity contribution in [3.05, 3.63) is 71.5 Å². The van der Waals surface area contributed by atoms with Gasteiger partial charge in [-0.05, 0) is 23.3 Å². The summed E-state index contributed by atoms with van der Waals surface area (Å²) in [7, 11) is 1.67. The zero-order chi connectivity index (χ0) is 20.1. The molecule has 1 amide bonds. The maximum atomic E-state index is 12.5. The van der Waals surface area contributed by atoms with Gasteiger partial charge in [0.15, 0.2) is 0 Å². The lowest BCUT2D eigenvalue weighted by molar-refractivity contribution is -0.130. The van der Waals surface area contributed by atoms with Gasteiger partial charge < -0.3 is 14.5 Å². The van der Waals surface area contributed by atoms with Crippen molar-refractivity contribution in [3.8, 4) is 5.75 Å². The zero-order valence-electron chi connectivity index (χ0n) is 16.5. The second kappa shape index (κ2) is 9.05. The molecule has 1 aliphatic rings. The number of anilines is 1.